The van der Waals surface area contributed by atoms with Crippen molar-refractivity contribution in [2.75, 3.05) is 0 Å². The maximum absolute atomic E-state index is 12.2. The molecule has 3 nitrogen and oxygen atoms in total. The second kappa shape index (κ2) is 5.92. The van der Waals surface area contributed by atoms with E-state index in [0.29, 0.717) is 10.8 Å². The minimum absolute atomic E-state index is 0.0750. The molecule has 19 heavy (non-hydrogen) atoms. The van der Waals surface area contributed by atoms with Gasteiger partial charge in [0.15, 0.2) is 5.78 Å². The van der Waals surface area contributed by atoms with Crippen LogP contribution in [-0.2, 0) is 0 Å². The number of carbonyl (C=O) groups is 1. The van der Waals surface area contributed by atoms with Gasteiger partial charge in [0.1, 0.15) is 5.76 Å². The van der Waals surface area contributed by atoms with Gasteiger partial charge in [-0.05, 0) is 32.9 Å². The fourth-order valence-electron chi connectivity index (χ4n) is 1.55. The molecule has 2 rings (SSSR count). The summed E-state index contributed by atoms with van der Waals surface area (Å²) >= 11 is 4.70. The van der Waals surface area contributed by atoms with Gasteiger partial charge in [0.05, 0.1) is 10.9 Å². The van der Waals surface area contributed by atoms with E-state index in [4.69, 9.17) is 4.42 Å². The smallest absolute Gasteiger partial charge is 0.256 e. The van der Waals surface area contributed by atoms with E-state index in [0.717, 1.165) is 15.9 Å². The standard InChI is InChI=1S/C14H14BrNO2S/c1-8-9(2)18-14(16-8)19-10(3)13(17)11-4-6-12(15)7-5-11/h4-7,10H,1-3H3. The van der Waals surface area contributed by atoms with Gasteiger partial charge < -0.3 is 4.42 Å². The van der Waals surface area contributed by atoms with Crippen molar-refractivity contribution in [2.24, 2.45) is 0 Å². The molecule has 1 unspecified atom stereocenters. The lowest BCUT2D eigenvalue weighted by atomic mass is 10.1. The highest BCUT2D eigenvalue weighted by Crippen LogP contribution is 2.26. The topological polar surface area (TPSA) is 43.1 Å². The molecule has 1 atom stereocenters. The largest absolute Gasteiger partial charge is 0.437 e. The Kier molecular flexibility index (Phi) is 4.47. The molecule has 0 spiro atoms. The first kappa shape index (κ1) is 14.3. The summed E-state index contributed by atoms with van der Waals surface area (Å²) in [6.45, 7) is 5.63. The molecule has 100 valence electrons. The quantitative estimate of drug-likeness (QED) is 0.610. The fraction of sp³-hybridized carbons (Fsp3) is 0.286. The Bertz CT molecular complexity index is 572. The van der Waals surface area contributed by atoms with Crippen molar-refractivity contribution in [3.63, 3.8) is 0 Å². The molecule has 2 aromatic rings. The molecule has 0 N–H and O–H groups in total. The molecule has 0 saturated heterocycles. The van der Waals surface area contributed by atoms with Gasteiger partial charge in [-0.3, -0.25) is 4.79 Å². The molecule has 0 radical (unpaired) electrons. The monoisotopic (exact) mass is 339 g/mol. The van der Waals surface area contributed by atoms with E-state index < -0.39 is 0 Å². The average molecular weight is 340 g/mol. The van der Waals surface area contributed by atoms with Gasteiger partial charge in [-0.1, -0.05) is 39.8 Å². The number of aryl methyl sites for hydroxylation is 2. The van der Waals surface area contributed by atoms with E-state index in [1.54, 1.807) is 0 Å². The van der Waals surface area contributed by atoms with Gasteiger partial charge in [0.2, 0.25) is 0 Å². The third kappa shape index (κ3) is 3.48. The molecule has 0 saturated carbocycles. The van der Waals surface area contributed by atoms with Gasteiger partial charge >= 0.3 is 0 Å². The maximum Gasteiger partial charge on any atom is 0.256 e. The average Bonchev–Trinajstić information content (AvgIpc) is 2.68. The lowest BCUT2D eigenvalue weighted by molar-refractivity contribution is 0.0993. The molecule has 0 amide bonds. The minimum Gasteiger partial charge on any atom is -0.437 e. The van der Waals surface area contributed by atoms with Crippen molar-refractivity contribution in [1.82, 2.24) is 4.98 Å². The van der Waals surface area contributed by atoms with Gasteiger partial charge in [-0.25, -0.2) is 4.98 Å². The molecule has 0 fully saturated rings. The number of carbonyl (C=O) groups excluding carboxylic acids is 1. The number of oxazole rings is 1. The van der Waals surface area contributed by atoms with Crippen molar-refractivity contribution >= 4 is 33.5 Å². The van der Waals surface area contributed by atoms with Gasteiger partial charge in [0.25, 0.3) is 5.22 Å². The number of nitrogens with zero attached hydrogens (tertiary/aromatic N) is 1. The second-order valence-corrected chi connectivity index (χ2v) is 6.46. The highest BCUT2D eigenvalue weighted by atomic mass is 79.9. The molecule has 0 aliphatic rings. The molecule has 1 aromatic heterocycles. The Morgan fingerprint density at radius 1 is 1.32 bits per heavy atom. The highest BCUT2D eigenvalue weighted by molar-refractivity contribution is 9.10. The number of hydrogen-bond acceptors (Lipinski definition) is 4. The van der Waals surface area contributed by atoms with E-state index >= 15 is 0 Å². The van der Waals surface area contributed by atoms with E-state index in [-0.39, 0.29) is 11.0 Å². The number of ketones is 1. The molecule has 5 heteroatoms. The van der Waals surface area contributed by atoms with Crippen LogP contribution < -0.4 is 0 Å². The van der Waals surface area contributed by atoms with Crippen LogP contribution in [0, 0.1) is 13.8 Å². The zero-order chi connectivity index (χ0) is 14.0. The van der Waals surface area contributed by atoms with Gasteiger partial charge in [-0.2, -0.15) is 0 Å². The summed E-state index contributed by atoms with van der Waals surface area (Å²) in [4.78, 5) is 16.5. The summed E-state index contributed by atoms with van der Waals surface area (Å²) in [6, 6.07) is 7.36. The molecule has 1 aromatic carbocycles. The van der Waals surface area contributed by atoms with Gasteiger partial charge in [0, 0.05) is 10.0 Å². The number of rotatable bonds is 4. The van der Waals surface area contributed by atoms with Crippen molar-refractivity contribution in [3.05, 3.63) is 45.8 Å². The lowest BCUT2D eigenvalue weighted by Crippen LogP contribution is -2.13. The first-order valence-electron chi connectivity index (χ1n) is 5.88. The highest BCUT2D eigenvalue weighted by Gasteiger charge is 2.19. The number of hydrogen-bond donors (Lipinski definition) is 0. The minimum atomic E-state index is -0.223. The van der Waals surface area contributed by atoms with Gasteiger partial charge in [-0.15, -0.1) is 0 Å². The van der Waals surface area contributed by atoms with Crippen molar-refractivity contribution in [2.45, 2.75) is 31.2 Å². The van der Waals surface area contributed by atoms with E-state index in [2.05, 4.69) is 20.9 Å². The normalized spacial score (nSPS) is 12.4. The number of thioether (sulfide) groups is 1. The van der Waals surface area contributed by atoms with Crippen LogP contribution in [0.15, 0.2) is 38.4 Å². The predicted molar refractivity (Wildman–Crippen MR) is 79.8 cm³/mol. The number of aromatic nitrogens is 1. The molecular formula is C14H14BrNO2S. The molecule has 0 aliphatic carbocycles. The number of halogens is 1. The zero-order valence-corrected chi connectivity index (χ0v) is 13.3. The Labute approximate surface area is 124 Å². The third-order valence-electron chi connectivity index (χ3n) is 2.78. The summed E-state index contributed by atoms with van der Waals surface area (Å²) in [5, 5.41) is 0.326. The summed E-state index contributed by atoms with van der Waals surface area (Å²) in [5.74, 6) is 0.872. The molecule has 0 bridgehead atoms. The Hall–Kier alpha value is -1.07. The SMILES string of the molecule is Cc1nc(SC(C)C(=O)c2ccc(Br)cc2)oc1C. The lowest BCUT2D eigenvalue weighted by Gasteiger charge is -2.07. The first-order valence-corrected chi connectivity index (χ1v) is 7.55. The fourth-order valence-corrected chi connectivity index (χ4v) is 2.72. The van der Waals surface area contributed by atoms with E-state index in [9.17, 15) is 4.79 Å². The predicted octanol–water partition coefficient (Wildman–Crippen LogP) is 4.42. The summed E-state index contributed by atoms with van der Waals surface area (Å²) in [7, 11) is 0. The summed E-state index contributed by atoms with van der Waals surface area (Å²) in [5.41, 5.74) is 1.56. The number of benzene rings is 1. The Balaban J connectivity index is 2.09. The van der Waals surface area contributed by atoms with Crippen LogP contribution >= 0.6 is 27.7 Å². The van der Waals surface area contributed by atoms with Crippen molar-refractivity contribution in [1.29, 1.82) is 0 Å². The van der Waals surface area contributed by atoms with E-state index in [1.807, 2.05) is 45.0 Å². The Morgan fingerprint density at radius 2 is 1.95 bits per heavy atom. The van der Waals surface area contributed by atoms with Crippen LogP contribution in [0.4, 0.5) is 0 Å². The van der Waals surface area contributed by atoms with Crippen LogP contribution in [0.2, 0.25) is 0 Å². The van der Waals surface area contributed by atoms with E-state index in [1.165, 1.54) is 11.8 Å². The maximum atomic E-state index is 12.2. The molecule has 1 heterocycles. The van der Waals surface area contributed by atoms with Crippen LogP contribution in [0.1, 0.15) is 28.7 Å². The summed E-state index contributed by atoms with van der Waals surface area (Å²) in [6.07, 6.45) is 0. The number of Topliss-reactive ketones (excluding diaryl/α,β-unsaturated/α-hetero) is 1. The third-order valence-corrected chi connectivity index (χ3v) is 4.26. The molecule has 0 aliphatic heterocycles. The van der Waals surface area contributed by atoms with Crippen LogP contribution in [0.5, 0.6) is 0 Å². The molecular weight excluding hydrogens is 326 g/mol. The van der Waals surface area contributed by atoms with Crippen LogP contribution in [0.3, 0.4) is 0 Å². The summed E-state index contributed by atoms with van der Waals surface area (Å²) < 4.78 is 6.44. The Morgan fingerprint density at radius 3 is 2.47 bits per heavy atom. The zero-order valence-electron chi connectivity index (χ0n) is 10.9. The second-order valence-electron chi connectivity index (χ2n) is 4.25. The van der Waals surface area contributed by atoms with Crippen molar-refractivity contribution in [3.8, 4) is 0 Å². The van der Waals surface area contributed by atoms with Crippen molar-refractivity contribution < 1.29 is 9.21 Å². The van der Waals surface area contributed by atoms with Crippen LogP contribution in [0.25, 0.3) is 0 Å². The van der Waals surface area contributed by atoms with Crippen LogP contribution in [-0.4, -0.2) is 16.0 Å². The first-order chi connectivity index (χ1) is 8.97.